The Bertz CT molecular complexity index is 872. The zero-order valence-electron chi connectivity index (χ0n) is 16.4. The average Bonchev–Trinajstić information content (AvgIpc) is 2.86. The zero-order valence-corrected chi connectivity index (χ0v) is 16.4. The van der Waals surface area contributed by atoms with Gasteiger partial charge in [-0.1, -0.05) is 43.9 Å². The smallest absolute Gasteiger partial charge is 0.270 e. The summed E-state index contributed by atoms with van der Waals surface area (Å²) in [4.78, 5) is 31.9. The van der Waals surface area contributed by atoms with Crippen LogP contribution in [0.3, 0.4) is 0 Å². The normalized spacial score (nSPS) is 19.8. The molecule has 1 aromatic carbocycles. The third-order valence-electron chi connectivity index (χ3n) is 5.86. The van der Waals surface area contributed by atoms with E-state index in [1.165, 1.54) is 18.4 Å². The minimum absolute atomic E-state index is 0.0802. The van der Waals surface area contributed by atoms with Gasteiger partial charge in [0.2, 0.25) is 0 Å². The Labute approximate surface area is 166 Å². The maximum Gasteiger partial charge on any atom is 0.270 e. The van der Waals surface area contributed by atoms with Crippen LogP contribution in [0.4, 0.5) is 5.69 Å². The molecule has 2 heterocycles. The van der Waals surface area contributed by atoms with Crippen molar-refractivity contribution >= 4 is 17.5 Å². The quantitative estimate of drug-likeness (QED) is 0.818. The molecule has 5 nitrogen and oxygen atoms in total. The van der Waals surface area contributed by atoms with Gasteiger partial charge in [0, 0.05) is 29.5 Å². The monoisotopic (exact) mass is 377 g/mol. The fourth-order valence-corrected chi connectivity index (χ4v) is 4.38. The lowest BCUT2D eigenvalue weighted by Gasteiger charge is -2.23. The number of nitrogens with one attached hydrogen (secondary N) is 1. The van der Waals surface area contributed by atoms with E-state index < -0.39 is 0 Å². The molecule has 0 bridgehead atoms. The molecule has 1 N–H and O–H groups in total. The van der Waals surface area contributed by atoms with Crippen LogP contribution in [0.2, 0.25) is 0 Å². The number of nitrogens with zero attached hydrogens (tertiary/aromatic N) is 2. The summed E-state index contributed by atoms with van der Waals surface area (Å²) in [7, 11) is 0. The molecule has 0 saturated heterocycles. The van der Waals surface area contributed by atoms with Crippen LogP contribution in [0, 0.1) is 0 Å². The lowest BCUT2D eigenvalue weighted by molar-refractivity contribution is 0.0928. The first-order valence-electron chi connectivity index (χ1n) is 10.3. The highest BCUT2D eigenvalue weighted by atomic mass is 16.2. The molecule has 1 saturated carbocycles. The molecule has 0 spiro atoms. The van der Waals surface area contributed by atoms with Crippen LogP contribution in [-0.2, 0) is 6.42 Å². The van der Waals surface area contributed by atoms with Crippen LogP contribution in [-0.4, -0.2) is 28.9 Å². The second kappa shape index (κ2) is 8.13. The van der Waals surface area contributed by atoms with Gasteiger partial charge in [0.15, 0.2) is 0 Å². The van der Waals surface area contributed by atoms with Gasteiger partial charge >= 0.3 is 0 Å². The third kappa shape index (κ3) is 3.79. The Morgan fingerprint density at radius 2 is 1.82 bits per heavy atom. The summed E-state index contributed by atoms with van der Waals surface area (Å²) in [5.41, 5.74) is 2.96. The molecule has 1 unspecified atom stereocenters. The number of benzene rings is 1. The number of anilines is 1. The molecule has 0 radical (unpaired) electrons. The first-order valence-corrected chi connectivity index (χ1v) is 10.3. The summed E-state index contributed by atoms with van der Waals surface area (Å²) in [6.45, 7) is 2.05. The van der Waals surface area contributed by atoms with Gasteiger partial charge in [-0.3, -0.25) is 14.6 Å². The van der Waals surface area contributed by atoms with E-state index in [1.807, 2.05) is 23.1 Å². The molecule has 28 heavy (non-hydrogen) atoms. The highest BCUT2D eigenvalue weighted by Crippen LogP contribution is 2.33. The molecular weight excluding hydrogens is 350 g/mol. The Hall–Kier alpha value is -2.69. The number of aromatic nitrogens is 1. The van der Waals surface area contributed by atoms with Crippen molar-refractivity contribution in [2.24, 2.45) is 0 Å². The van der Waals surface area contributed by atoms with Crippen molar-refractivity contribution in [2.45, 2.75) is 64.0 Å². The molecule has 2 amide bonds. The number of hydrogen-bond donors (Lipinski definition) is 1. The molecule has 146 valence electrons. The first kappa shape index (κ1) is 18.7. The minimum Gasteiger partial charge on any atom is -0.348 e. The van der Waals surface area contributed by atoms with Crippen molar-refractivity contribution in [3.63, 3.8) is 0 Å². The summed E-state index contributed by atoms with van der Waals surface area (Å²) >= 11 is 0. The summed E-state index contributed by atoms with van der Waals surface area (Å²) < 4.78 is 0. The van der Waals surface area contributed by atoms with Gasteiger partial charge in [0.05, 0.1) is 0 Å². The summed E-state index contributed by atoms with van der Waals surface area (Å²) in [6.07, 6.45) is 9.24. The number of carbonyl (C=O) groups is 2. The van der Waals surface area contributed by atoms with Gasteiger partial charge < -0.3 is 10.2 Å². The fraction of sp³-hybridized carbons (Fsp3) is 0.435. The summed E-state index contributed by atoms with van der Waals surface area (Å²) in [5.74, 6) is -0.264. The van der Waals surface area contributed by atoms with Gasteiger partial charge in [-0.05, 0) is 49.9 Å². The molecule has 2 aliphatic rings. The van der Waals surface area contributed by atoms with E-state index in [2.05, 4.69) is 23.3 Å². The predicted molar refractivity (Wildman–Crippen MR) is 110 cm³/mol. The van der Waals surface area contributed by atoms with Crippen molar-refractivity contribution in [3.8, 4) is 0 Å². The van der Waals surface area contributed by atoms with Gasteiger partial charge in [-0.15, -0.1) is 0 Å². The predicted octanol–water partition coefficient (Wildman–Crippen LogP) is 4.13. The van der Waals surface area contributed by atoms with Crippen LogP contribution in [0.5, 0.6) is 0 Å². The Kier molecular flexibility index (Phi) is 5.42. The van der Waals surface area contributed by atoms with E-state index in [0.717, 1.165) is 37.8 Å². The number of hydrogen-bond acceptors (Lipinski definition) is 3. The molecule has 2 aromatic rings. The molecule has 1 fully saturated rings. The third-order valence-corrected chi connectivity index (χ3v) is 5.86. The average molecular weight is 377 g/mol. The van der Waals surface area contributed by atoms with Crippen LogP contribution < -0.4 is 10.2 Å². The maximum absolute atomic E-state index is 13.2. The van der Waals surface area contributed by atoms with Crippen molar-refractivity contribution in [1.29, 1.82) is 0 Å². The van der Waals surface area contributed by atoms with Crippen molar-refractivity contribution in [3.05, 3.63) is 59.4 Å². The van der Waals surface area contributed by atoms with Crippen LogP contribution >= 0.6 is 0 Å². The Morgan fingerprint density at radius 3 is 2.61 bits per heavy atom. The van der Waals surface area contributed by atoms with E-state index >= 15 is 0 Å². The minimum atomic E-state index is -0.184. The highest BCUT2D eigenvalue weighted by Gasteiger charge is 2.31. The summed E-state index contributed by atoms with van der Waals surface area (Å²) in [6, 6.07) is 11.6. The SMILES string of the molecule is CC1Cc2ccccc2N1C(=O)c1ccnc(C(=O)NC2CCCCCC2)c1. The highest BCUT2D eigenvalue weighted by molar-refractivity contribution is 6.08. The van der Waals surface area contributed by atoms with E-state index in [9.17, 15) is 9.59 Å². The molecule has 4 rings (SSSR count). The molecule has 5 heteroatoms. The molecule has 1 aliphatic heterocycles. The second-order valence-electron chi connectivity index (χ2n) is 7.95. The van der Waals surface area contributed by atoms with Crippen LogP contribution in [0.25, 0.3) is 0 Å². The number of amides is 2. The summed E-state index contributed by atoms with van der Waals surface area (Å²) in [5, 5.41) is 3.11. The lowest BCUT2D eigenvalue weighted by Crippen LogP contribution is -2.37. The zero-order chi connectivity index (χ0) is 19.5. The first-order chi connectivity index (χ1) is 13.6. The van der Waals surface area contributed by atoms with E-state index in [4.69, 9.17) is 0 Å². The standard InChI is InChI=1S/C23H27N3O2/c1-16-14-17-8-6-7-11-21(17)26(16)23(28)18-12-13-24-20(15-18)22(27)25-19-9-4-2-3-5-10-19/h6-8,11-13,15-16,19H,2-5,9-10,14H2,1H3,(H,25,27). The van der Waals surface area contributed by atoms with Crippen molar-refractivity contribution < 1.29 is 9.59 Å². The topological polar surface area (TPSA) is 62.3 Å². The number of para-hydroxylation sites is 1. The van der Waals surface area contributed by atoms with Crippen molar-refractivity contribution in [2.75, 3.05) is 4.90 Å². The molecule has 1 atom stereocenters. The van der Waals surface area contributed by atoms with Crippen LogP contribution in [0.15, 0.2) is 42.6 Å². The Morgan fingerprint density at radius 1 is 1.07 bits per heavy atom. The van der Waals surface area contributed by atoms with Crippen LogP contribution in [0.1, 0.15) is 71.9 Å². The maximum atomic E-state index is 13.2. The fourth-order valence-electron chi connectivity index (χ4n) is 4.38. The number of rotatable bonds is 3. The van der Waals surface area contributed by atoms with Crippen molar-refractivity contribution in [1.82, 2.24) is 10.3 Å². The molecule has 1 aromatic heterocycles. The molecule has 1 aliphatic carbocycles. The number of fused-ring (bicyclic) bond motifs is 1. The largest absolute Gasteiger partial charge is 0.348 e. The molecular formula is C23H27N3O2. The second-order valence-corrected chi connectivity index (χ2v) is 7.95. The van der Waals surface area contributed by atoms with E-state index in [1.54, 1.807) is 18.3 Å². The number of pyridine rings is 1. The van der Waals surface area contributed by atoms with E-state index in [-0.39, 0.29) is 23.9 Å². The van der Waals surface area contributed by atoms with Gasteiger partial charge in [-0.25, -0.2) is 0 Å². The van der Waals surface area contributed by atoms with Gasteiger partial charge in [0.25, 0.3) is 11.8 Å². The van der Waals surface area contributed by atoms with Gasteiger partial charge in [0.1, 0.15) is 5.69 Å². The number of carbonyl (C=O) groups excluding carboxylic acids is 2. The Balaban J connectivity index is 1.52. The van der Waals surface area contributed by atoms with Gasteiger partial charge in [-0.2, -0.15) is 0 Å². The lowest BCUT2D eigenvalue weighted by atomic mass is 10.1. The van der Waals surface area contributed by atoms with E-state index in [0.29, 0.717) is 11.3 Å².